The highest BCUT2D eigenvalue weighted by Crippen LogP contribution is 2.31. The van der Waals surface area contributed by atoms with Crippen molar-refractivity contribution >= 4 is 28.3 Å². The molecule has 0 aromatic heterocycles. The minimum absolute atomic E-state index is 0. The Morgan fingerprint density at radius 3 is 2.36 bits per heavy atom. The molecule has 2 unspecified atom stereocenters. The van der Waals surface area contributed by atoms with Gasteiger partial charge in [-0.2, -0.15) is 0 Å². The van der Waals surface area contributed by atoms with Crippen LogP contribution in [0.4, 0.5) is 4.39 Å². The van der Waals surface area contributed by atoms with Gasteiger partial charge in [-0.3, -0.25) is 0 Å². The fourth-order valence-corrected chi connectivity index (χ4v) is 3.88. The van der Waals surface area contributed by atoms with Crippen LogP contribution in [0.5, 0.6) is 5.75 Å². The lowest BCUT2D eigenvalue weighted by atomic mass is 9.87. The molecule has 2 aromatic rings. The number of β-amino-alcohol motifs (C(OH)–C–C–N with tert-alkyl or cyclic N) is 1. The molecule has 4 nitrogen and oxygen atoms in total. The van der Waals surface area contributed by atoms with E-state index in [0.29, 0.717) is 6.54 Å². The molecule has 0 amide bonds. The molecule has 2 N–H and O–H groups in total. The summed E-state index contributed by atoms with van der Waals surface area (Å²) < 4.78 is 19.6. The zero-order chi connectivity index (χ0) is 19.2. The lowest BCUT2D eigenvalue weighted by molar-refractivity contribution is 0.0277. The Morgan fingerprint density at radius 1 is 1.07 bits per heavy atom. The number of piperidine rings is 1. The second-order valence-corrected chi connectivity index (χ2v) is 7.88. The molecule has 0 spiro atoms. The van der Waals surface area contributed by atoms with Gasteiger partial charge in [0.1, 0.15) is 24.3 Å². The largest absolute Gasteiger partial charge is 0.490 e. The molecule has 7 heteroatoms. The number of aliphatic hydroxyl groups excluding tert-OH is 2. The number of likely N-dealkylation sites (tertiary alicyclic amines) is 1. The third-order valence-corrected chi connectivity index (χ3v) is 5.68. The fraction of sp³-hybridized carbons (Fsp3) is 0.429. The fourth-order valence-electron chi connectivity index (χ4n) is 3.48. The summed E-state index contributed by atoms with van der Waals surface area (Å²) in [6.45, 7) is 2.41. The molecule has 1 saturated heterocycles. The molecule has 1 aliphatic heterocycles. The van der Waals surface area contributed by atoms with Gasteiger partial charge in [0.15, 0.2) is 0 Å². The van der Waals surface area contributed by atoms with Crippen molar-refractivity contribution in [1.29, 1.82) is 0 Å². The van der Waals surface area contributed by atoms with Gasteiger partial charge in [-0.1, -0.05) is 24.3 Å². The highest BCUT2D eigenvalue weighted by Gasteiger charge is 2.27. The van der Waals surface area contributed by atoms with Crippen molar-refractivity contribution in [2.75, 3.05) is 26.2 Å². The number of nitrogens with zero attached hydrogens (tertiary/aromatic N) is 1. The second-order valence-electron chi connectivity index (χ2n) is 7.03. The Labute approximate surface area is 179 Å². The minimum Gasteiger partial charge on any atom is -0.490 e. The summed E-state index contributed by atoms with van der Waals surface area (Å²) in [5.74, 6) is 0.581. The van der Waals surface area contributed by atoms with E-state index >= 15 is 0 Å². The Bertz CT molecular complexity index is 726. The highest BCUT2D eigenvalue weighted by molar-refractivity contribution is 9.10. The number of hydrogen-bond acceptors (Lipinski definition) is 4. The van der Waals surface area contributed by atoms with E-state index in [2.05, 4.69) is 20.8 Å². The molecule has 0 radical (unpaired) electrons. The maximum Gasteiger partial charge on any atom is 0.133 e. The molecular formula is C21H26BrClFNO3. The summed E-state index contributed by atoms with van der Waals surface area (Å²) in [4.78, 5) is 2.20. The summed E-state index contributed by atoms with van der Waals surface area (Å²) in [5.41, 5.74) is 0.761. The molecule has 2 atom stereocenters. The van der Waals surface area contributed by atoms with Crippen LogP contribution in [0, 0.1) is 11.7 Å². The first kappa shape index (κ1) is 23.1. The van der Waals surface area contributed by atoms with Crippen molar-refractivity contribution in [3.05, 3.63) is 64.4 Å². The second kappa shape index (κ2) is 11.1. The van der Waals surface area contributed by atoms with Crippen LogP contribution in [0.15, 0.2) is 53.0 Å². The van der Waals surface area contributed by atoms with Crippen LogP contribution in [0.1, 0.15) is 24.5 Å². The first-order valence-corrected chi connectivity index (χ1v) is 10.0. The number of benzene rings is 2. The van der Waals surface area contributed by atoms with Crippen LogP contribution in [0.25, 0.3) is 0 Å². The Hall–Kier alpha value is -1.18. The van der Waals surface area contributed by atoms with Gasteiger partial charge < -0.3 is 19.8 Å². The number of halogens is 3. The van der Waals surface area contributed by atoms with Gasteiger partial charge in [-0.15, -0.1) is 12.4 Å². The van der Waals surface area contributed by atoms with Gasteiger partial charge in [-0.25, -0.2) is 4.39 Å². The van der Waals surface area contributed by atoms with E-state index < -0.39 is 12.2 Å². The standard InChI is InChI=1S/C21H25BrFNO3.ClH/c22-19-3-1-2-4-20(19)27-14-18(25)13-24-11-9-16(10-12-24)21(26)15-5-7-17(23)8-6-15;/h1-8,16,18,21,25-26H,9-14H2;1H. The molecule has 1 aliphatic rings. The van der Waals surface area contributed by atoms with E-state index in [1.807, 2.05) is 24.3 Å². The smallest absolute Gasteiger partial charge is 0.133 e. The van der Waals surface area contributed by atoms with Crippen LogP contribution in [0.2, 0.25) is 0 Å². The Kier molecular flexibility index (Phi) is 9.18. The lowest BCUT2D eigenvalue weighted by Crippen LogP contribution is -2.41. The summed E-state index contributed by atoms with van der Waals surface area (Å²) in [6, 6.07) is 13.6. The third kappa shape index (κ3) is 6.42. The van der Waals surface area contributed by atoms with Gasteiger partial charge in [0.25, 0.3) is 0 Å². The van der Waals surface area contributed by atoms with Crippen LogP contribution in [0.3, 0.4) is 0 Å². The average molecular weight is 475 g/mol. The number of hydrogen-bond donors (Lipinski definition) is 2. The molecule has 0 aliphatic carbocycles. The van der Waals surface area contributed by atoms with E-state index in [9.17, 15) is 14.6 Å². The topological polar surface area (TPSA) is 52.9 Å². The molecule has 3 rings (SSSR count). The summed E-state index contributed by atoms with van der Waals surface area (Å²) >= 11 is 3.43. The van der Waals surface area contributed by atoms with Crippen LogP contribution in [-0.2, 0) is 0 Å². The number of para-hydroxylation sites is 1. The molecular weight excluding hydrogens is 449 g/mol. The van der Waals surface area contributed by atoms with Gasteiger partial charge >= 0.3 is 0 Å². The first-order valence-electron chi connectivity index (χ1n) is 9.24. The van der Waals surface area contributed by atoms with Crippen LogP contribution < -0.4 is 4.74 Å². The van der Waals surface area contributed by atoms with E-state index in [4.69, 9.17) is 4.74 Å². The number of rotatable bonds is 7. The predicted molar refractivity (Wildman–Crippen MR) is 113 cm³/mol. The number of aliphatic hydroxyl groups is 2. The van der Waals surface area contributed by atoms with Crippen molar-refractivity contribution in [1.82, 2.24) is 4.90 Å². The third-order valence-electron chi connectivity index (χ3n) is 5.03. The molecule has 2 aromatic carbocycles. The molecule has 1 heterocycles. The number of ether oxygens (including phenoxy) is 1. The van der Waals surface area contributed by atoms with Crippen molar-refractivity contribution in [3.63, 3.8) is 0 Å². The van der Waals surface area contributed by atoms with Crippen LogP contribution in [-0.4, -0.2) is 47.5 Å². The van der Waals surface area contributed by atoms with E-state index in [1.54, 1.807) is 12.1 Å². The van der Waals surface area contributed by atoms with E-state index in [0.717, 1.165) is 41.7 Å². The zero-order valence-electron chi connectivity index (χ0n) is 15.5. The van der Waals surface area contributed by atoms with Gasteiger partial charge in [0.2, 0.25) is 0 Å². The van der Waals surface area contributed by atoms with Crippen molar-refractivity contribution < 1.29 is 19.3 Å². The van der Waals surface area contributed by atoms with Gasteiger partial charge in [0, 0.05) is 6.54 Å². The Balaban J connectivity index is 0.00000280. The van der Waals surface area contributed by atoms with E-state index in [-0.39, 0.29) is 30.7 Å². The van der Waals surface area contributed by atoms with Gasteiger partial charge in [0.05, 0.1) is 10.6 Å². The first-order chi connectivity index (χ1) is 13.0. The minimum atomic E-state index is -0.573. The predicted octanol–water partition coefficient (Wildman–Crippen LogP) is 4.20. The maximum atomic E-state index is 13.0. The maximum absolute atomic E-state index is 13.0. The molecule has 1 fully saturated rings. The molecule has 0 saturated carbocycles. The van der Waals surface area contributed by atoms with Crippen molar-refractivity contribution in [2.24, 2.45) is 5.92 Å². The zero-order valence-corrected chi connectivity index (χ0v) is 17.9. The summed E-state index contributed by atoms with van der Waals surface area (Å²) in [7, 11) is 0. The summed E-state index contributed by atoms with van der Waals surface area (Å²) in [6.07, 6.45) is 0.541. The highest BCUT2D eigenvalue weighted by atomic mass is 79.9. The van der Waals surface area contributed by atoms with E-state index in [1.165, 1.54) is 12.1 Å². The molecule has 154 valence electrons. The van der Waals surface area contributed by atoms with Crippen LogP contribution >= 0.6 is 28.3 Å². The summed E-state index contributed by atoms with van der Waals surface area (Å²) in [5, 5.41) is 20.8. The quantitative estimate of drug-likeness (QED) is 0.632. The van der Waals surface area contributed by atoms with Crippen molar-refractivity contribution in [2.45, 2.75) is 25.0 Å². The normalized spacial score (nSPS) is 17.6. The van der Waals surface area contributed by atoms with Gasteiger partial charge in [-0.05, 0) is 77.6 Å². The monoisotopic (exact) mass is 473 g/mol. The van der Waals surface area contributed by atoms with Crippen molar-refractivity contribution in [3.8, 4) is 5.75 Å². The average Bonchev–Trinajstić information content (AvgIpc) is 2.68. The molecule has 0 bridgehead atoms. The Morgan fingerprint density at radius 2 is 1.71 bits per heavy atom. The lowest BCUT2D eigenvalue weighted by Gasteiger charge is -2.35. The molecule has 28 heavy (non-hydrogen) atoms. The SMILES string of the molecule is Cl.OC(COc1ccccc1Br)CN1CCC(C(O)c2ccc(F)cc2)CC1.